The number of aliphatic hydroxyl groups is 2. The highest BCUT2D eigenvalue weighted by atomic mass is 35.5. The molecule has 2 N–H and O–H groups in total. The lowest BCUT2D eigenvalue weighted by molar-refractivity contribution is -0.186. The highest BCUT2D eigenvalue weighted by Crippen LogP contribution is 2.42. The zero-order valence-electron chi connectivity index (χ0n) is 20.2. The molecule has 4 aromatic rings. The smallest absolute Gasteiger partial charge is 0.194 e. The molecule has 39 heavy (non-hydrogen) atoms. The maximum Gasteiger partial charge on any atom is 0.194 e. The van der Waals surface area contributed by atoms with Crippen LogP contribution in [0.4, 0.5) is 13.2 Å². The standard InChI is InChI=1S/C25H21ClF3N5O4S/c1-37-24-22(34-10-17(32-33-34)13-5-15(27)20(29)16(28)6-13)23(36)18(11-35)38-25(24)39-19-7-14(26)9-31-21(19)12-3-2-4-30-8-12/h2-10,18,22-25,35-36H,11H2,1H3. The summed E-state index contributed by atoms with van der Waals surface area (Å²) in [4.78, 5) is 9.22. The Hall–Kier alpha value is -3.07. The molecule has 1 aromatic carbocycles. The Morgan fingerprint density at radius 2 is 1.92 bits per heavy atom. The Labute approximate surface area is 229 Å². The van der Waals surface area contributed by atoms with E-state index < -0.39 is 53.8 Å². The second-order valence-corrected chi connectivity index (χ2v) is 10.2. The maximum absolute atomic E-state index is 13.8. The largest absolute Gasteiger partial charge is 0.394 e. The quantitative estimate of drug-likeness (QED) is 0.315. The number of aromatic nitrogens is 5. The first-order valence-electron chi connectivity index (χ1n) is 11.6. The van der Waals surface area contributed by atoms with E-state index >= 15 is 0 Å². The molecule has 5 atom stereocenters. The van der Waals surface area contributed by atoms with E-state index in [1.54, 1.807) is 24.5 Å². The molecule has 14 heteroatoms. The van der Waals surface area contributed by atoms with Gasteiger partial charge in [-0.2, -0.15) is 0 Å². The molecule has 0 amide bonds. The first kappa shape index (κ1) is 27.5. The Morgan fingerprint density at radius 1 is 1.15 bits per heavy atom. The number of halogens is 4. The van der Waals surface area contributed by atoms with Crippen molar-refractivity contribution in [3.8, 4) is 22.5 Å². The molecule has 1 aliphatic rings. The van der Waals surface area contributed by atoms with Gasteiger partial charge in [0.1, 0.15) is 35.5 Å². The molecular weight excluding hydrogens is 559 g/mol. The minimum absolute atomic E-state index is 0.0315. The molecule has 0 bridgehead atoms. The van der Waals surface area contributed by atoms with E-state index in [9.17, 15) is 23.4 Å². The number of pyridine rings is 2. The van der Waals surface area contributed by atoms with Crippen molar-refractivity contribution < 1.29 is 32.9 Å². The Balaban J connectivity index is 1.50. The molecule has 0 spiro atoms. The first-order valence-corrected chi connectivity index (χ1v) is 12.8. The zero-order chi connectivity index (χ0) is 27.7. The van der Waals surface area contributed by atoms with Crippen LogP contribution in [0.1, 0.15) is 6.04 Å². The second-order valence-electron chi connectivity index (χ2n) is 8.60. The van der Waals surface area contributed by atoms with Gasteiger partial charge in [-0.1, -0.05) is 28.6 Å². The fraction of sp³-hybridized carbons (Fsp3) is 0.280. The van der Waals surface area contributed by atoms with Gasteiger partial charge in [0.25, 0.3) is 0 Å². The summed E-state index contributed by atoms with van der Waals surface area (Å²) < 4.78 is 54.1. The summed E-state index contributed by atoms with van der Waals surface area (Å²) in [6.45, 7) is -0.523. The number of rotatable bonds is 7. The number of hydrogen-bond donors (Lipinski definition) is 2. The number of thioether (sulfide) groups is 1. The number of nitrogens with zero attached hydrogens (tertiary/aromatic N) is 5. The molecule has 5 rings (SSSR count). The van der Waals surface area contributed by atoms with Crippen LogP contribution in [0, 0.1) is 17.5 Å². The van der Waals surface area contributed by atoms with E-state index in [4.69, 9.17) is 21.1 Å². The van der Waals surface area contributed by atoms with Gasteiger partial charge in [-0.3, -0.25) is 9.97 Å². The monoisotopic (exact) mass is 579 g/mol. The van der Waals surface area contributed by atoms with Gasteiger partial charge in [0.05, 0.1) is 23.5 Å². The molecular formula is C25H21ClF3N5O4S. The summed E-state index contributed by atoms with van der Waals surface area (Å²) in [6.07, 6.45) is 2.93. The van der Waals surface area contributed by atoms with Crippen LogP contribution < -0.4 is 0 Å². The lowest BCUT2D eigenvalue weighted by Crippen LogP contribution is -2.55. The SMILES string of the molecule is COC1C(Sc2cc(Cl)cnc2-c2cccnc2)OC(CO)C(O)C1n1cc(-c2cc(F)c(F)c(F)c2)nn1. The van der Waals surface area contributed by atoms with Crippen LogP contribution in [0.3, 0.4) is 0 Å². The van der Waals surface area contributed by atoms with Gasteiger partial charge in [-0.25, -0.2) is 17.9 Å². The summed E-state index contributed by atoms with van der Waals surface area (Å²) in [5, 5.41) is 29.4. The van der Waals surface area contributed by atoms with Crippen LogP contribution in [0.5, 0.6) is 0 Å². The molecule has 9 nitrogen and oxygen atoms in total. The lowest BCUT2D eigenvalue weighted by Gasteiger charge is -2.43. The van der Waals surface area contributed by atoms with Crippen molar-refractivity contribution in [3.63, 3.8) is 0 Å². The molecule has 3 aromatic heterocycles. The van der Waals surface area contributed by atoms with Gasteiger partial charge >= 0.3 is 0 Å². The van der Waals surface area contributed by atoms with E-state index in [1.165, 1.54) is 35.9 Å². The molecule has 0 radical (unpaired) electrons. The molecule has 1 saturated heterocycles. The molecule has 0 aliphatic carbocycles. The molecule has 1 fully saturated rings. The van der Waals surface area contributed by atoms with Crippen molar-refractivity contribution in [2.75, 3.05) is 13.7 Å². The van der Waals surface area contributed by atoms with Crippen molar-refractivity contribution in [1.82, 2.24) is 25.0 Å². The van der Waals surface area contributed by atoms with E-state index in [1.807, 2.05) is 6.07 Å². The molecule has 1 aliphatic heterocycles. The van der Waals surface area contributed by atoms with Crippen LogP contribution >= 0.6 is 23.4 Å². The van der Waals surface area contributed by atoms with Crippen LogP contribution in [0.15, 0.2) is 60.0 Å². The fourth-order valence-electron chi connectivity index (χ4n) is 4.32. The number of aliphatic hydroxyl groups excluding tert-OH is 2. The highest BCUT2D eigenvalue weighted by Gasteiger charge is 2.47. The van der Waals surface area contributed by atoms with Gasteiger partial charge in [0.15, 0.2) is 17.5 Å². The van der Waals surface area contributed by atoms with Crippen molar-refractivity contribution in [2.24, 2.45) is 0 Å². The van der Waals surface area contributed by atoms with Crippen molar-refractivity contribution in [1.29, 1.82) is 0 Å². The predicted octanol–water partition coefficient (Wildman–Crippen LogP) is 3.90. The van der Waals surface area contributed by atoms with Crippen LogP contribution in [0.2, 0.25) is 5.02 Å². The maximum atomic E-state index is 13.8. The molecule has 0 saturated carbocycles. The Morgan fingerprint density at radius 3 is 2.59 bits per heavy atom. The fourth-order valence-corrected chi connectivity index (χ4v) is 5.88. The van der Waals surface area contributed by atoms with Gasteiger partial charge < -0.3 is 19.7 Å². The van der Waals surface area contributed by atoms with E-state index in [2.05, 4.69) is 20.3 Å². The lowest BCUT2D eigenvalue weighted by atomic mass is 9.97. The number of hydrogen-bond acceptors (Lipinski definition) is 9. The average molecular weight is 580 g/mol. The predicted molar refractivity (Wildman–Crippen MR) is 135 cm³/mol. The van der Waals surface area contributed by atoms with Crippen molar-refractivity contribution in [3.05, 3.63) is 77.6 Å². The van der Waals surface area contributed by atoms with Gasteiger partial charge in [-0.15, -0.1) is 5.10 Å². The minimum Gasteiger partial charge on any atom is -0.394 e. The molecule has 4 heterocycles. The Kier molecular flexibility index (Phi) is 8.16. The summed E-state index contributed by atoms with van der Waals surface area (Å²) in [5.74, 6) is -4.36. The third-order valence-electron chi connectivity index (χ3n) is 6.19. The summed E-state index contributed by atoms with van der Waals surface area (Å²) >= 11 is 7.46. The average Bonchev–Trinajstić information content (AvgIpc) is 3.42. The van der Waals surface area contributed by atoms with Crippen molar-refractivity contribution in [2.45, 2.75) is 34.7 Å². The zero-order valence-corrected chi connectivity index (χ0v) is 21.7. The number of methoxy groups -OCH3 is 1. The summed E-state index contributed by atoms with van der Waals surface area (Å²) in [5.41, 5.74) is 0.497. The van der Waals surface area contributed by atoms with E-state index in [0.717, 1.165) is 17.7 Å². The topological polar surface area (TPSA) is 115 Å². The third kappa shape index (κ3) is 5.51. The highest BCUT2D eigenvalue weighted by molar-refractivity contribution is 8.00. The third-order valence-corrected chi connectivity index (χ3v) is 7.57. The van der Waals surface area contributed by atoms with E-state index in [0.29, 0.717) is 15.6 Å². The molecule has 204 valence electrons. The normalized spacial score (nSPS) is 23.2. The van der Waals surface area contributed by atoms with Crippen LogP contribution in [-0.4, -0.2) is 72.6 Å². The van der Waals surface area contributed by atoms with Gasteiger partial charge in [0, 0.05) is 41.7 Å². The Bertz CT molecular complexity index is 1440. The van der Waals surface area contributed by atoms with Gasteiger partial charge in [-0.05, 0) is 30.3 Å². The second kappa shape index (κ2) is 11.6. The van der Waals surface area contributed by atoms with Crippen LogP contribution in [0.25, 0.3) is 22.5 Å². The first-order chi connectivity index (χ1) is 18.8. The van der Waals surface area contributed by atoms with E-state index in [-0.39, 0.29) is 11.3 Å². The number of ether oxygens (including phenoxy) is 2. The minimum atomic E-state index is -1.60. The van der Waals surface area contributed by atoms with Crippen LogP contribution in [-0.2, 0) is 9.47 Å². The summed E-state index contributed by atoms with van der Waals surface area (Å²) in [7, 11) is 1.42. The van der Waals surface area contributed by atoms with Crippen molar-refractivity contribution >= 4 is 23.4 Å². The summed E-state index contributed by atoms with van der Waals surface area (Å²) in [6, 6.07) is 5.96. The number of benzene rings is 1. The van der Waals surface area contributed by atoms with Gasteiger partial charge in [0.2, 0.25) is 0 Å². The molecule has 5 unspecified atom stereocenters.